The Morgan fingerprint density at radius 1 is 1.00 bits per heavy atom. The summed E-state index contributed by atoms with van der Waals surface area (Å²) in [6, 6.07) is 21.2. The van der Waals surface area contributed by atoms with Crippen molar-refractivity contribution in [1.29, 1.82) is 0 Å². The fourth-order valence-electron chi connectivity index (χ4n) is 5.09. The van der Waals surface area contributed by atoms with Gasteiger partial charge in [-0.15, -0.1) is 0 Å². The van der Waals surface area contributed by atoms with E-state index in [4.69, 9.17) is 4.74 Å². The van der Waals surface area contributed by atoms with Crippen LogP contribution in [-0.2, 0) is 4.74 Å². The third kappa shape index (κ3) is 3.24. The molecule has 3 heteroatoms. The maximum atomic E-state index is 12.0. The number of rotatable bonds is 3. The maximum absolute atomic E-state index is 12.0. The molecule has 3 nitrogen and oxygen atoms in total. The molecule has 1 unspecified atom stereocenters. The van der Waals surface area contributed by atoms with Gasteiger partial charge in [0.2, 0.25) is 0 Å². The molecule has 0 amide bonds. The smallest absolute Gasteiger partial charge is 0.338 e. The summed E-state index contributed by atoms with van der Waals surface area (Å²) in [7, 11) is 3.66. The maximum Gasteiger partial charge on any atom is 0.338 e. The molecular formula is C26H27NO2. The standard InChI is InChI=1S/C26H27NO2/c1-27-14-12-26(13-15-27)17-24(26)19-8-6-18(7-9-19)20-10-11-22-21(16-20)4-3-5-23(22)25(28)29-2/h3-11,16,24H,12-15,17H2,1-2H3. The first-order valence-electron chi connectivity index (χ1n) is 10.5. The van der Waals surface area contributed by atoms with Gasteiger partial charge in [0.15, 0.2) is 0 Å². The number of fused-ring (bicyclic) bond motifs is 1. The summed E-state index contributed by atoms with van der Waals surface area (Å²) in [5.74, 6) is 0.449. The molecule has 1 saturated heterocycles. The average Bonchev–Trinajstić information content (AvgIpc) is 3.48. The molecule has 1 saturated carbocycles. The van der Waals surface area contributed by atoms with Gasteiger partial charge in [0.1, 0.15) is 0 Å². The molecule has 1 aliphatic heterocycles. The lowest BCUT2D eigenvalue weighted by Crippen LogP contribution is -2.31. The number of hydrogen-bond acceptors (Lipinski definition) is 3. The second-order valence-corrected chi connectivity index (χ2v) is 8.78. The topological polar surface area (TPSA) is 29.5 Å². The van der Waals surface area contributed by atoms with Crippen molar-refractivity contribution in [3.63, 3.8) is 0 Å². The van der Waals surface area contributed by atoms with Crippen LogP contribution in [0.4, 0.5) is 0 Å². The van der Waals surface area contributed by atoms with E-state index in [1.165, 1.54) is 56.2 Å². The summed E-state index contributed by atoms with van der Waals surface area (Å²) < 4.78 is 4.91. The van der Waals surface area contributed by atoms with Crippen molar-refractivity contribution in [3.8, 4) is 11.1 Å². The predicted octanol–water partition coefficient (Wildman–Crippen LogP) is 5.49. The lowest BCUT2D eigenvalue weighted by Gasteiger charge is -2.30. The van der Waals surface area contributed by atoms with Crippen LogP contribution in [0.15, 0.2) is 60.7 Å². The fraction of sp³-hybridized carbons (Fsp3) is 0.346. The molecule has 0 N–H and O–H groups in total. The van der Waals surface area contributed by atoms with Crippen molar-refractivity contribution in [3.05, 3.63) is 71.8 Å². The van der Waals surface area contributed by atoms with Gasteiger partial charge in [0.05, 0.1) is 12.7 Å². The Balaban J connectivity index is 1.39. The van der Waals surface area contributed by atoms with Gasteiger partial charge in [-0.2, -0.15) is 0 Å². The van der Waals surface area contributed by atoms with Crippen molar-refractivity contribution >= 4 is 16.7 Å². The first-order chi connectivity index (χ1) is 14.1. The molecular weight excluding hydrogens is 358 g/mol. The lowest BCUT2D eigenvalue weighted by molar-refractivity contribution is 0.0603. The Morgan fingerprint density at radius 3 is 2.45 bits per heavy atom. The Kier molecular flexibility index (Phi) is 4.44. The fourth-order valence-corrected chi connectivity index (χ4v) is 5.09. The van der Waals surface area contributed by atoms with E-state index in [1.807, 2.05) is 24.3 Å². The zero-order chi connectivity index (χ0) is 20.0. The van der Waals surface area contributed by atoms with E-state index >= 15 is 0 Å². The number of carbonyl (C=O) groups excluding carboxylic acids is 1. The molecule has 3 aromatic carbocycles. The number of carbonyl (C=O) groups is 1. The predicted molar refractivity (Wildman–Crippen MR) is 117 cm³/mol. The van der Waals surface area contributed by atoms with E-state index in [1.54, 1.807) is 0 Å². The highest BCUT2D eigenvalue weighted by atomic mass is 16.5. The minimum absolute atomic E-state index is 0.292. The molecule has 1 heterocycles. The molecule has 148 valence electrons. The van der Waals surface area contributed by atoms with Gasteiger partial charge >= 0.3 is 5.97 Å². The van der Waals surface area contributed by atoms with Crippen LogP contribution >= 0.6 is 0 Å². The number of benzene rings is 3. The largest absolute Gasteiger partial charge is 0.465 e. The number of methoxy groups -OCH3 is 1. The van der Waals surface area contributed by atoms with E-state index in [0.717, 1.165) is 16.7 Å². The third-order valence-electron chi connectivity index (χ3n) is 7.10. The van der Waals surface area contributed by atoms with Crippen molar-refractivity contribution in [1.82, 2.24) is 4.90 Å². The van der Waals surface area contributed by atoms with E-state index < -0.39 is 0 Å². The molecule has 1 spiro atoms. The average molecular weight is 386 g/mol. The molecule has 2 aliphatic rings. The van der Waals surface area contributed by atoms with Gasteiger partial charge in [0, 0.05) is 0 Å². The third-order valence-corrected chi connectivity index (χ3v) is 7.10. The number of ether oxygens (including phenoxy) is 1. The molecule has 3 aromatic rings. The minimum atomic E-state index is -0.292. The van der Waals surface area contributed by atoms with E-state index in [9.17, 15) is 4.79 Å². The molecule has 2 fully saturated rings. The first-order valence-corrected chi connectivity index (χ1v) is 10.5. The zero-order valence-corrected chi connectivity index (χ0v) is 17.2. The number of piperidine rings is 1. The summed E-state index contributed by atoms with van der Waals surface area (Å²) >= 11 is 0. The van der Waals surface area contributed by atoms with Crippen LogP contribution in [0.3, 0.4) is 0 Å². The molecule has 29 heavy (non-hydrogen) atoms. The normalized spacial score (nSPS) is 20.7. The second kappa shape index (κ2) is 7.00. The van der Waals surface area contributed by atoms with Crippen molar-refractivity contribution in [2.45, 2.75) is 25.2 Å². The van der Waals surface area contributed by atoms with Gasteiger partial charge in [-0.05, 0) is 90.3 Å². The summed E-state index contributed by atoms with van der Waals surface area (Å²) in [5, 5.41) is 1.99. The van der Waals surface area contributed by atoms with Gasteiger partial charge < -0.3 is 9.64 Å². The molecule has 5 rings (SSSR count). The van der Waals surface area contributed by atoms with E-state index in [0.29, 0.717) is 11.0 Å². The number of likely N-dealkylation sites (tertiary alicyclic amines) is 1. The van der Waals surface area contributed by atoms with Crippen LogP contribution in [0.2, 0.25) is 0 Å². The molecule has 0 radical (unpaired) electrons. The van der Waals surface area contributed by atoms with E-state index in [2.05, 4.69) is 48.3 Å². The molecule has 1 aliphatic carbocycles. The van der Waals surface area contributed by atoms with Crippen molar-refractivity contribution in [2.75, 3.05) is 27.2 Å². The van der Waals surface area contributed by atoms with Gasteiger partial charge in [-0.1, -0.05) is 48.5 Å². The van der Waals surface area contributed by atoms with Crippen LogP contribution in [0.5, 0.6) is 0 Å². The SMILES string of the molecule is COC(=O)c1cccc2cc(-c3ccc(C4CC45CCN(C)CC5)cc3)ccc12. The minimum Gasteiger partial charge on any atom is -0.465 e. The summed E-state index contributed by atoms with van der Waals surface area (Å²) in [5.41, 5.74) is 5.07. The van der Waals surface area contributed by atoms with Crippen LogP contribution < -0.4 is 0 Å². The van der Waals surface area contributed by atoms with Gasteiger partial charge in [-0.25, -0.2) is 4.79 Å². The highest BCUT2D eigenvalue weighted by Crippen LogP contribution is 2.64. The Labute approximate surface area is 172 Å². The summed E-state index contributed by atoms with van der Waals surface area (Å²) in [4.78, 5) is 14.5. The number of hydrogen-bond donors (Lipinski definition) is 0. The first kappa shape index (κ1) is 18.4. The highest BCUT2D eigenvalue weighted by molar-refractivity contribution is 6.05. The highest BCUT2D eigenvalue weighted by Gasteiger charge is 2.54. The van der Waals surface area contributed by atoms with Gasteiger partial charge in [0.25, 0.3) is 0 Å². The second-order valence-electron chi connectivity index (χ2n) is 8.78. The Morgan fingerprint density at radius 2 is 1.72 bits per heavy atom. The molecule has 0 aromatic heterocycles. The van der Waals surface area contributed by atoms with Crippen LogP contribution in [-0.4, -0.2) is 38.1 Å². The quantitative estimate of drug-likeness (QED) is 0.558. The van der Waals surface area contributed by atoms with E-state index in [-0.39, 0.29) is 5.97 Å². The molecule has 0 bridgehead atoms. The Hall–Kier alpha value is -2.65. The zero-order valence-electron chi connectivity index (χ0n) is 17.2. The number of nitrogens with zero attached hydrogens (tertiary/aromatic N) is 1. The van der Waals surface area contributed by atoms with Crippen LogP contribution in [0, 0.1) is 5.41 Å². The van der Waals surface area contributed by atoms with Crippen LogP contribution in [0.25, 0.3) is 21.9 Å². The lowest BCUT2D eigenvalue weighted by atomic mass is 9.88. The Bertz CT molecular complexity index is 1060. The summed E-state index contributed by atoms with van der Waals surface area (Å²) in [6.07, 6.45) is 4.03. The molecule has 1 atom stereocenters. The number of esters is 1. The summed E-state index contributed by atoms with van der Waals surface area (Å²) in [6.45, 7) is 2.47. The van der Waals surface area contributed by atoms with Crippen molar-refractivity contribution < 1.29 is 9.53 Å². The van der Waals surface area contributed by atoms with Crippen molar-refractivity contribution in [2.24, 2.45) is 5.41 Å². The van der Waals surface area contributed by atoms with Gasteiger partial charge in [-0.3, -0.25) is 0 Å². The van der Waals surface area contributed by atoms with Crippen LogP contribution in [0.1, 0.15) is 41.1 Å². The monoisotopic (exact) mass is 385 g/mol.